The van der Waals surface area contributed by atoms with Crippen molar-refractivity contribution in [1.29, 1.82) is 0 Å². The standard InChI is InChI=1S/C21H16N4O/c1-2-17-18-21(26)23-19(24-25(18)20(22-17)14-9-5-10-14)16-12-6-8-13-7-3-4-11-15(13)16/h3-12H,2H2,1H3,(H,23,24,26). The average Bonchev–Trinajstić information content (AvgIpc) is 2.99. The fraction of sp³-hybridized carbons (Fsp3) is 0.0952. The molecule has 0 atom stereocenters. The highest BCUT2D eigenvalue weighted by Crippen LogP contribution is 2.27. The Morgan fingerprint density at radius 1 is 1.12 bits per heavy atom. The quantitative estimate of drug-likeness (QED) is 0.618. The zero-order valence-electron chi connectivity index (χ0n) is 14.2. The van der Waals surface area contributed by atoms with E-state index in [4.69, 9.17) is 5.10 Å². The minimum Gasteiger partial charge on any atom is -0.303 e. The van der Waals surface area contributed by atoms with Crippen LogP contribution in [-0.2, 0) is 6.42 Å². The molecule has 126 valence electrons. The molecule has 5 rings (SSSR count). The van der Waals surface area contributed by atoms with Gasteiger partial charge in [-0.2, -0.15) is 0 Å². The van der Waals surface area contributed by atoms with Gasteiger partial charge >= 0.3 is 0 Å². The summed E-state index contributed by atoms with van der Waals surface area (Å²) in [6.07, 6.45) is 6.60. The number of nitrogens with zero attached hydrogens (tertiary/aromatic N) is 3. The van der Waals surface area contributed by atoms with Crippen LogP contribution < -0.4 is 5.56 Å². The third-order valence-electron chi connectivity index (χ3n) is 4.76. The van der Waals surface area contributed by atoms with E-state index < -0.39 is 0 Å². The van der Waals surface area contributed by atoms with Gasteiger partial charge in [0, 0.05) is 11.1 Å². The number of benzene rings is 2. The Labute approximate surface area is 149 Å². The number of H-pyrrole nitrogens is 1. The summed E-state index contributed by atoms with van der Waals surface area (Å²) < 4.78 is 1.68. The van der Waals surface area contributed by atoms with Crippen molar-refractivity contribution in [2.24, 2.45) is 0 Å². The summed E-state index contributed by atoms with van der Waals surface area (Å²) in [6.45, 7) is 2.00. The van der Waals surface area contributed by atoms with E-state index in [2.05, 4.69) is 22.1 Å². The normalized spacial score (nSPS) is 13.2. The monoisotopic (exact) mass is 340 g/mol. The van der Waals surface area contributed by atoms with E-state index in [0.29, 0.717) is 23.6 Å². The SMILES string of the molecule is CCc1nc(C2=CC=C2)n2nc(-c3cccc4ccccc34)[nH]c(=O)c12. The van der Waals surface area contributed by atoms with Crippen LogP contribution in [0.4, 0.5) is 0 Å². The second kappa shape index (κ2) is 5.52. The Kier molecular flexibility index (Phi) is 3.15. The number of aromatic amines is 1. The molecule has 2 heterocycles. The average molecular weight is 340 g/mol. The van der Waals surface area contributed by atoms with Gasteiger partial charge in [-0.1, -0.05) is 67.6 Å². The predicted molar refractivity (Wildman–Crippen MR) is 103 cm³/mol. The van der Waals surface area contributed by atoms with Crippen LogP contribution >= 0.6 is 0 Å². The van der Waals surface area contributed by atoms with Crippen LogP contribution in [-0.4, -0.2) is 19.6 Å². The number of allylic oxidation sites excluding steroid dienone is 4. The maximum Gasteiger partial charge on any atom is 0.277 e. The molecule has 1 N–H and O–H groups in total. The van der Waals surface area contributed by atoms with Gasteiger partial charge in [-0.15, -0.1) is 5.10 Å². The van der Waals surface area contributed by atoms with Gasteiger partial charge in [0.15, 0.2) is 17.2 Å². The fourth-order valence-electron chi connectivity index (χ4n) is 3.40. The number of imidazole rings is 1. The number of hydrogen-bond acceptors (Lipinski definition) is 3. The number of fused-ring (bicyclic) bond motifs is 2. The highest BCUT2D eigenvalue weighted by Gasteiger charge is 2.19. The van der Waals surface area contributed by atoms with Gasteiger partial charge in [-0.25, -0.2) is 9.50 Å². The molecule has 1 aliphatic carbocycles. The van der Waals surface area contributed by atoms with E-state index in [-0.39, 0.29) is 5.56 Å². The first-order valence-corrected chi connectivity index (χ1v) is 8.65. The second-order valence-corrected chi connectivity index (χ2v) is 6.31. The van der Waals surface area contributed by atoms with Crippen molar-refractivity contribution in [2.75, 3.05) is 0 Å². The lowest BCUT2D eigenvalue weighted by Crippen LogP contribution is -2.16. The lowest BCUT2D eigenvalue weighted by Gasteiger charge is -2.09. The lowest BCUT2D eigenvalue weighted by atomic mass is 10.0. The summed E-state index contributed by atoms with van der Waals surface area (Å²) in [6, 6.07) is 14.1. The highest BCUT2D eigenvalue weighted by molar-refractivity contribution is 5.95. The number of nitrogens with one attached hydrogen (secondary N) is 1. The van der Waals surface area contributed by atoms with Crippen LogP contribution in [0, 0.1) is 0 Å². The second-order valence-electron chi connectivity index (χ2n) is 6.31. The van der Waals surface area contributed by atoms with E-state index in [9.17, 15) is 4.79 Å². The maximum absolute atomic E-state index is 12.8. The number of hydrogen-bond donors (Lipinski definition) is 1. The molecule has 0 amide bonds. The Bertz CT molecular complexity index is 1290. The molecule has 0 bridgehead atoms. The zero-order valence-corrected chi connectivity index (χ0v) is 14.2. The molecule has 0 spiro atoms. The Hall–Kier alpha value is -3.47. The summed E-state index contributed by atoms with van der Waals surface area (Å²) >= 11 is 0. The first kappa shape index (κ1) is 14.8. The fourth-order valence-corrected chi connectivity index (χ4v) is 3.40. The van der Waals surface area contributed by atoms with Gasteiger partial charge < -0.3 is 4.98 Å². The van der Waals surface area contributed by atoms with E-state index in [1.54, 1.807) is 4.52 Å². The van der Waals surface area contributed by atoms with Gasteiger partial charge in [-0.3, -0.25) is 4.79 Å². The van der Waals surface area contributed by atoms with Crippen LogP contribution in [0.3, 0.4) is 0 Å². The molecule has 4 aromatic rings. The minimum absolute atomic E-state index is 0.164. The largest absolute Gasteiger partial charge is 0.303 e. The molecule has 0 radical (unpaired) electrons. The van der Waals surface area contributed by atoms with Crippen LogP contribution in [0.15, 0.2) is 65.5 Å². The van der Waals surface area contributed by atoms with Gasteiger partial charge in [0.1, 0.15) is 0 Å². The van der Waals surface area contributed by atoms with Gasteiger partial charge in [0.25, 0.3) is 5.56 Å². The summed E-state index contributed by atoms with van der Waals surface area (Å²) in [5, 5.41) is 6.91. The first-order chi connectivity index (χ1) is 12.8. The minimum atomic E-state index is -0.164. The van der Waals surface area contributed by atoms with Crippen LogP contribution in [0.2, 0.25) is 0 Å². The molecule has 0 fully saturated rings. The van der Waals surface area contributed by atoms with Crippen LogP contribution in [0.1, 0.15) is 18.4 Å². The Morgan fingerprint density at radius 3 is 2.69 bits per heavy atom. The molecule has 0 saturated heterocycles. The lowest BCUT2D eigenvalue weighted by molar-refractivity contribution is 0.875. The van der Waals surface area contributed by atoms with Crippen molar-refractivity contribution >= 4 is 21.9 Å². The van der Waals surface area contributed by atoms with Crippen molar-refractivity contribution in [3.8, 4) is 11.4 Å². The number of aryl methyl sites for hydroxylation is 1. The number of aromatic nitrogens is 4. The summed E-state index contributed by atoms with van der Waals surface area (Å²) in [5.74, 6) is 1.26. The molecule has 26 heavy (non-hydrogen) atoms. The van der Waals surface area contributed by atoms with E-state index in [1.807, 2.05) is 55.5 Å². The zero-order chi connectivity index (χ0) is 17.7. The predicted octanol–water partition coefficient (Wildman–Crippen LogP) is 3.75. The van der Waals surface area contributed by atoms with Crippen molar-refractivity contribution in [1.82, 2.24) is 19.6 Å². The molecule has 1 aliphatic rings. The van der Waals surface area contributed by atoms with E-state index in [0.717, 1.165) is 27.6 Å². The summed E-state index contributed by atoms with van der Waals surface area (Å²) in [7, 11) is 0. The molecule has 0 aliphatic heterocycles. The molecule has 0 saturated carbocycles. The maximum atomic E-state index is 12.8. The first-order valence-electron chi connectivity index (χ1n) is 8.65. The van der Waals surface area contributed by atoms with Crippen molar-refractivity contribution in [2.45, 2.75) is 13.3 Å². The third-order valence-corrected chi connectivity index (χ3v) is 4.76. The Balaban J connectivity index is 1.83. The molecule has 0 unspecified atom stereocenters. The molecule has 2 aromatic carbocycles. The number of rotatable bonds is 3. The molecule has 5 nitrogen and oxygen atoms in total. The van der Waals surface area contributed by atoms with Gasteiger partial charge in [-0.05, 0) is 17.2 Å². The smallest absolute Gasteiger partial charge is 0.277 e. The van der Waals surface area contributed by atoms with Gasteiger partial charge in [0.2, 0.25) is 0 Å². The summed E-state index contributed by atoms with van der Waals surface area (Å²) in [5.41, 5.74) is 3.01. The molecular formula is C21H16N4O. The molecule has 5 heteroatoms. The van der Waals surface area contributed by atoms with Crippen molar-refractivity contribution < 1.29 is 0 Å². The third kappa shape index (κ3) is 2.07. The van der Waals surface area contributed by atoms with Crippen molar-refractivity contribution in [3.05, 3.63) is 82.6 Å². The van der Waals surface area contributed by atoms with E-state index in [1.165, 1.54) is 0 Å². The highest BCUT2D eigenvalue weighted by atomic mass is 16.1. The topological polar surface area (TPSA) is 63.1 Å². The molecular weight excluding hydrogens is 324 g/mol. The van der Waals surface area contributed by atoms with Crippen LogP contribution in [0.5, 0.6) is 0 Å². The molecule has 2 aromatic heterocycles. The Morgan fingerprint density at radius 2 is 1.92 bits per heavy atom. The van der Waals surface area contributed by atoms with E-state index >= 15 is 0 Å². The van der Waals surface area contributed by atoms with Crippen molar-refractivity contribution in [3.63, 3.8) is 0 Å². The van der Waals surface area contributed by atoms with Gasteiger partial charge in [0.05, 0.1) is 5.69 Å². The van der Waals surface area contributed by atoms with Crippen LogP contribution in [0.25, 0.3) is 33.3 Å². The summed E-state index contributed by atoms with van der Waals surface area (Å²) in [4.78, 5) is 20.4.